The van der Waals surface area contributed by atoms with Gasteiger partial charge in [-0.2, -0.15) is 5.26 Å². The van der Waals surface area contributed by atoms with Gasteiger partial charge >= 0.3 is 6.09 Å². The predicted octanol–water partition coefficient (Wildman–Crippen LogP) is 2.66. The highest BCUT2D eigenvalue weighted by atomic mass is 19.1. The van der Waals surface area contributed by atoms with Crippen LogP contribution in [0.1, 0.15) is 19.8 Å². The van der Waals surface area contributed by atoms with E-state index in [-0.39, 0.29) is 18.4 Å². The summed E-state index contributed by atoms with van der Waals surface area (Å²) in [5, 5.41) is 21.5. The third kappa shape index (κ3) is 2.82. The van der Waals surface area contributed by atoms with Crippen molar-refractivity contribution in [3.05, 3.63) is 30.1 Å². The number of amides is 1. The second-order valence-corrected chi connectivity index (χ2v) is 5.16. The number of halogens is 1. The summed E-state index contributed by atoms with van der Waals surface area (Å²) in [6.45, 7) is 1.90. The monoisotopic (exact) mass is 277 g/mol. The van der Waals surface area contributed by atoms with Gasteiger partial charge in [0.2, 0.25) is 0 Å². The summed E-state index contributed by atoms with van der Waals surface area (Å²) in [4.78, 5) is 12.3. The molecule has 106 valence electrons. The Morgan fingerprint density at radius 1 is 1.65 bits per heavy atom. The molecule has 6 heteroatoms. The number of likely N-dealkylation sites (tertiary alicyclic amines) is 1. The number of carbonyl (C=O) groups is 1. The van der Waals surface area contributed by atoms with Gasteiger partial charge in [0.15, 0.2) is 0 Å². The van der Waals surface area contributed by atoms with Gasteiger partial charge in [-0.15, -0.1) is 0 Å². The van der Waals surface area contributed by atoms with E-state index in [1.165, 1.54) is 12.1 Å². The van der Waals surface area contributed by atoms with E-state index in [0.717, 1.165) is 4.90 Å². The van der Waals surface area contributed by atoms with Crippen molar-refractivity contribution in [2.45, 2.75) is 31.3 Å². The van der Waals surface area contributed by atoms with Crippen molar-refractivity contribution in [2.75, 3.05) is 11.9 Å². The van der Waals surface area contributed by atoms with Crippen molar-refractivity contribution < 1.29 is 14.3 Å². The van der Waals surface area contributed by atoms with Crippen LogP contribution in [0.2, 0.25) is 0 Å². The van der Waals surface area contributed by atoms with Crippen LogP contribution in [0.4, 0.5) is 14.9 Å². The molecule has 1 saturated heterocycles. The standard InChI is InChI=1S/C14H16FN3O2/c1-14(9-16)8-12(5-6-18(14)13(19)20)17-11-4-2-3-10(15)7-11/h2-4,7,12,17H,5-6,8H2,1H3,(H,19,20). The summed E-state index contributed by atoms with van der Waals surface area (Å²) < 4.78 is 13.1. The molecule has 1 fully saturated rings. The van der Waals surface area contributed by atoms with E-state index in [1.54, 1.807) is 19.1 Å². The fourth-order valence-electron chi connectivity index (χ4n) is 2.57. The smallest absolute Gasteiger partial charge is 0.408 e. The summed E-state index contributed by atoms with van der Waals surface area (Å²) in [6.07, 6.45) is -0.134. The Morgan fingerprint density at radius 2 is 2.40 bits per heavy atom. The van der Waals surface area contributed by atoms with Crippen molar-refractivity contribution in [3.63, 3.8) is 0 Å². The molecule has 0 spiro atoms. The normalized spacial score (nSPS) is 25.9. The number of anilines is 1. The number of nitrogens with one attached hydrogen (secondary N) is 1. The molecule has 2 N–H and O–H groups in total. The van der Waals surface area contributed by atoms with E-state index in [0.29, 0.717) is 18.5 Å². The van der Waals surface area contributed by atoms with E-state index in [2.05, 4.69) is 11.4 Å². The van der Waals surface area contributed by atoms with Crippen LogP contribution in [-0.4, -0.2) is 34.2 Å². The number of benzene rings is 1. The third-order valence-corrected chi connectivity index (χ3v) is 3.61. The Morgan fingerprint density at radius 3 is 3.00 bits per heavy atom. The lowest BCUT2D eigenvalue weighted by atomic mass is 9.86. The van der Waals surface area contributed by atoms with Crippen molar-refractivity contribution in [3.8, 4) is 6.07 Å². The Hall–Kier alpha value is -2.29. The molecule has 1 aromatic carbocycles. The number of hydrogen-bond acceptors (Lipinski definition) is 3. The zero-order valence-corrected chi connectivity index (χ0v) is 11.1. The maximum absolute atomic E-state index is 13.1. The Bertz CT molecular complexity index is 558. The second kappa shape index (κ2) is 5.37. The molecule has 1 aromatic rings. The maximum atomic E-state index is 13.1. The van der Waals surface area contributed by atoms with Crippen molar-refractivity contribution >= 4 is 11.8 Å². The fourth-order valence-corrected chi connectivity index (χ4v) is 2.57. The molecule has 0 bridgehead atoms. The van der Waals surface area contributed by atoms with Gasteiger partial charge in [0, 0.05) is 24.7 Å². The van der Waals surface area contributed by atoms with Gasteiger partial charge in [-0.3, -0.25) is 4.90 Å². The zero-order valence-electron chi connectivity index (χ0n) is 11.1. The van der Waals surface area contributed by atoms with Gasteiger partial charge in [0.1, 0.15) is 11.4 Å². The number of rotatable bonds is 2. The Labute approximate surface area is 116 Å². The molecule has 5 nitrogen and oxygen atoms in total. The first-order chi connectivity index (χ1) is 9.44. The lowest BCUT2D eigenvalue weighted by molar-refractivity contribution is 0.0821. The molecular formula is C14H16FN3O2. The number of nitrogens with zero attached hydrogens (tertiary/aromatic N) is 2. The molecule has 0 aliphatic carbocycles. The van der Waals surface area contributed by atoms with Crippen LogP contribution in [0.25, 0.3) is 0 Å². The topological polar surface area (TPSA) is 76.4 Å². The van der Waals surface area contributed by atoms with E-state index < -0.39 is 11.6 Å². The van der Waals surface area contributed by atoms with E-state index >= 15 is 0 Å². The lowest BCUT2D eigenvalue weighted by Crippen LogP contribution is -2.56. The molecular weight excluding hydrogens is 261 g/mol. The number of nitriles is 1. The van der Waals surface area contributed by atoms with Gasteiger partial charge in [0.05, 0.1) is 6.07 Å². The van der Waals surface area contributed by atoms with Crippen LogP contribution in [-0.2, 0) is 0 Å². The lowest BCUT2D eigenvalue weighted by Gasteiger charge is -2.42. The van der Waals surface area contributed by atoms with Crippen LogP contribution in [0.3, 0.4) is 0 Å². The van der Waals surface area contributed by atoms with Crippen LogP contribution in [0, 0.1) is 17.1 Å². The van der Waals surface area contributed by atoms with Crippen LogP contribution in [0.5, 0.6) is 0 Å². The summed E-state index contributed by atoms with van der Waals surface area (Å²) in [6, 6.07) is 8.10. The summed E-state index contributed by atoms with van der Waals surface area (Å²) in [7, 11) is 0. The minimum Gasteiger partial charge on any atom is -0.465 e. The first-order valence-electron chi connectivity index (χ1n) is 6.38. The van der Waals surface area contributed by atoms with Gasteiger partial charge in [-0.1, -0.05) is 6.07 Å². The molecule has 2 atom stereocenters. The van der Waals surface area contributed by atoms with Crippen LogP contribution >= 0.6 is 0 Å². The van der Waals surface area contributed by atoms with Gasteiger partial charge in [0.25, 0.3) is 0 Å². The van der Waals surface area contributed by atoms with E-state index in [9.17, 15) is 14.4 Å². The molecule has 1 aliphatic heterocycles. The van der Waals surface area contributed by atoms with E-state index in [1.807, 2.05) is 0 Å². The molecule has 20 heavy (non-hydrogen) atoms. The predicted molar refractivity (Wildman–Crippen MR) is 71.8 cm³/mol. The molecule has 0 radical (unpaired) electrons. The van der Waals surface area contributed by atoms with Crippen molar-refractivity contribution in [2.24, 2.45) is 0 Å². The first kappa shape index (κ1) is 14.1. The molecule has 1 aliphatic rings. The Kier molecular flexibility index (Phi) is 3.79. The van der Waals surface area contributed by atoms with Crippen molar-refractivity contribution in [1.82, 2.24) is 4.90 Å². The second-order valence-electron chi connectivity index (χ2n) is 5.16. The minimum absolute atomic E-state index is 0.0583. The van der Waals surface area contributed by atoms with Crippen LogP contribution < -0.4 is 5.32 Å². The van der Waals surface area contributed by atoms with Crippen molar-refractivity contribution in [1.29, 1.82) is 5.26 Å². The number of carboxylic acid groups (broad SMARTS) is 1. The molecule has 1 amide bonds. The molecule has 2 unspecified atom stereocenters. The summed E-state index contributed by atoms with van der Waals surface area (Å²) in [5.41, 5.74) is -0.422. The zero-order chi connectivity index (χ0) is 14.8. The molecule has 0 aromatic heterocycles. The fraction of sp³-hybridized carbons (Fsp3) is 0.429. The average Bonchev–Trinajstić information content (AvgIpc) is 2.38. The quantitative estimate of drug-likeness (QED) is 0.871. The van der Waals surface area contributed by atoms with Crippen LogP contribution in [0.15, 0.2) is 24.3 Å². The highest BCUT2D eigenvalue weighted by molar-refractivity contribution is 5.67. The first-order valence-corrected chi connectivity index (χ1v) is 6.38. The molecule has 1 heterocycles. The van der Waals surface area contributed by atoms with E-state index in [4.69, 9.17) is 5.11 Å². The summed E-state index contributed by atoms with van der Waals surface area (Å²) >= 11 is 0. The van der Waals surface area contributed by atoms with Gasteiger partial charge < -0.3 is 10.4 Å². The third-order valence-electron chi connectivity index (χ3n) is 3.61. The summed E-state index contributed by atoms with van der Waals surface area (Å²) in [5.74, 6) is -0.332. The maximum Gasteiger partial charge on any atom is 0.408 e. The molecule has 0 saturated carbocycles. The number of hydrogen-bond donors (Lipinski definition) is 2. The minimum atomic E-state index is -1.08. The average molecular weight is 277 g/mol. The number of piperidine rings is 1. The Balaban J connectivity index is 2.10. The molecule has 2 rings (SSSR count). The SMILES string of the molecule is CC1(C#N)CC(Nc2cccc(F)c2)CCN1C(=O)O. The highest BCUT2D eigenvalue weighted by Gasteiger charge is 2.41. The van der Waals surface area contributed by atoms with Gasteiger partial charge in [-0.25, -0.2) is 9.18 Å². The van der Waals surface area contributed by atoms with Gasteiger partial charge in [-0.05, 0) is 31.5 Å². The largest absolute Gasteiger partial charge is 0.465 e. The highest BCUT2D eigenvalue weighted by Crippen LogP contribution is 2.29.